The van der Waals surface area contributed by atoms with Gasteiger partial charge in [-0.05, 0) is 19.3 Å². The number of ether oxygens (including phenoxy) is 2. The van der Waals surface area contributed by atoms with E-state index >= 15 is 0 Å². The Morgan fingerprint density at radius 3 is 1.93 bits per heavy atom. The quantitative estimate of drug-likeness (QED) is 0.482. The molecule has 0 aliphatic rings. The van der Waals surface area contributed by atoms with Gasteiger partial charge in [0.1, 0.15) is 5.91 Å². The smallest absolute Gasteiger partial charge is 0.134 e. The molecule has 0 atom stereocenters. The molecule has 0 aromatic heterocycles. The van der Waals surface area contributed by atoms with Crippen LogP contribution in [0.2, 0.25) is 6.04 Å². The normalized spacial score (nSPS) is 13.3. The van der Waals surface area contributed by atoms with Crippen molar-refractivity contribution in [3.8, 4) is 0 Å². The first-order valence-corrected chi connectivity index (χ1v) is 7.54. The molecule has 0 saturated carbocycles. The Bertz CT molecular complexity index is 126. The second-order valence-corrected chi connectivity index (χ2v) is 6.74. The molecule has 0 N–H and O–H groups in total. The summed E-state index contributed by atoms with van der Waals surface area (Å²) in [5.74, 6) is 0.146. The highest BCUT2D eigenvalue weighted by atomic mass is 28.2. The molecule has 0 bridgehead atoms. The van der Waals surface area contributed by atoms with Gasteiger partial charge < -0.3 is 9.47 Å². The van der Waals surface area contributed by atoms with Crippen molar-refractivity contribution in [2.45, 2.75) is 53.0 Å². The lowest BCUT2D eigenvalue weighted by Gasteiger charge is -2.20. The second-order valence-electron chi connectivity index (χ2n) is 4.79. The van der Waals surface area contributed by atoms with Gasteiger partial charge in [0.25, 0.3) is 0 Å². The third kappa shape index (κ3) is 8.72. The SMILES string of the molecule is CCOC(OCC)[SiH2]CCC(C)(C)C. The highest BCUT2D eigenvalue weighted by Gasteiger charge is 2.13. The van der Waals surface area contributed by atoms with Gasteiger partial charge in [0.2, 0.25) is 0 Å². The summed E-state index contributed by atoms with van der Waals surface area (Å²) in [6.45, 7) is 12.5. The maximum atomic E-state index is 5.54. The van der Waals surface area contributed by atoms with Crippen LogP contribution in [0.3, 0.4) is 0 Å². The Labute approximate surface area is 91.2 Å². The zero-order valence-electron chi connectivity index (χ0n) is 10.4. The van der Waals surface area contributed by atoms with E-state index in [0.717, 1.165) is 13.2 Å². The van der Waals surface area contributed by atoms with E-state index < -0.39 is 0 Å². The van der Waals surface area contributed by atoms with Gasteiger partial charge in [-0.25, -0.2) is 0 Å². The van der Waals surface area contributed by atoms with Crippen molar-refractivity contribution in [2.75, 3.05) is 13.2 Å². The molecule has 0 aliphatic heterocycles. The molecule has 0 amide bonds. The molecule has 0 spiro atoms. The van der Waals surface area contributed by atoms with Crippen molar-refractivity contribution in [3.63, 3.8) is 0 Å². The minimum Gasteiger partial charge on any atom is -0.357 e. The van der Waals surface area contributed by atoms with E-state index in [1.54, 1.807) is 0 Å². The molecule has 0 fully saturated rings. The van der Waals surface area contributed by atoms with Crippen molar-refractivity contribution >= 4 is 9.52 Å². The molecule has 0 aromatic rings. The Morgan fingerprint density at radius 2 is 1.57 bits per heavy atom. The molecular formula is C11H26O2Si. The minimum atomic E-state index is -0.221. The van der Waals surface area contributed by atoms with Gasteiger partial charge in [-0.15, -0.1) is 0 Å². The zero-order valence-corrected chi connectivity index (χ0v) is 11.8. The van der Waals surface area contributed by atoms with Crippen LogP contribution in [0.15, 0.2) is 0 Å². The molecule has 0 aromatic carbocycles. The van der Waals surface area contributed by atoms with E-state index in [-0.39, 0.29) is 15.4 Å². The van der Waals surface area contributed by atoms with Crippen LogP contribution in [0.5, 0.6) is 0 Å². The molecule has 0 heterocycles. The fraction of sp³-hybridized carbons (Fsp3) is 1.00. The average Bonchev–Trinajstić information content (AvgIpc) is 2.02. The second kappa shape index (κ2) is 7.43. The maximum absolute atomic E-state index is 5.54. The fourth-order valence-electron chi connectivity index (χ4n) is 1.39. The van der Waals surface area contributed by atoms with Crippen molar-refractivity contribution in [3.05, 3.63) is 0 Å². The Hall–Kier alpha value is 0.137. The monoisotopic (exact) mass is 218 g/mol. The number of hydrogen-bond acceptors (Lipinski definition) is 2. The van der Waals surface area contributed by atoms with E-state index in [4.69, 9.17) is 9.47 Å². The van der Waals surface area contributed by atoms with Crippen LogP contribution >= 0.6 is 0 Å². The van der Waals surface area contributed by atoms with Gasteiger partial charge >= 0.3 is 0 Å². The molecule has 2 nitrogen and oxygen atoms in total. The van der Waals surface area contributed by atoms with Crippen LogP contribution in [0.4, 0.5) is 0 Å². The first kappa shape index (κ1) is 14.1. The van der Waals surface area contributed by atoms with E-state index in [2.05, 4.69) is 20.8 Å². The van der Waals surface area contributed by atoms with Gasteiger partial charge in [0.05, 0.1) is 9.52 Å². The Balaban J connectivity index is 3.60. The van der Waals surface area contributed by atoms with E-state index in [1.165, 1.54) is 12.5 Å². The van der Waals surface area contributed by atoms with Gasteiger partial charge in [0.15, 0.2) is 0 Å². The lowest BCUT2D eigenvalue weighted by molar-refractivity contribution is -0.0828. The average molecular weight is 218 g/mol. The molecular weight excluding hydrogens is 192 g/mol. The van der Waals surface area contributed by atoms with Crippen LogP contribution < -0.4 is 0 Å². The van der Waals surface area contributed by atoms with Crippen molar-refractivity contribution in [1.82, 2.24) is 0 Å². The van der Waals surface area contributed by atoms with Crippen molar-refractivity contribution in [1.29, 1.82) is 0 Å². The van der Waals surface area contributed by atoms with Crippen LogP contribution in [-0.2, 0) is 9.47 Å². The van der Waals surface area contributed by atoms with Gasteiger partial charge in [-0.3, -0.25) is 0 Å². The summed E-state index contributed by atoms with van der Waals surface area (Å²) < 4.78 is 11.1. The third-order valence-electron chi connectivity index (χ3n) is 2.07. The highest BCUT2D eigenvalue weighted by Crippen LogP contribution is 2.20. The fourth-order valence-corrected chi connectivity index (χ4v) is 3.79. The Morgan fingerprint density at radius 1 is 1.07 bits per heavy atom. The summed E-state index contributed by atoms with van der Waals surface area (Å²) in [4.78, 5) is 0. The Kier molecular flexibility index (Phi) is 7.50. The number of rotatable bonds is 7. The summed E-state index contributed by atoms with van der Waals surface area (Å²) >= 11 is 0. The first-order valence-electron chi connectivity index (χ1n) is 5.72. The van der Waals surface area contributed by atoms with Gasteiger partial charge in [-0.1, -0.05) is 33.2 Å². The predicted octanol–water partition coefficient (Wildman–Crippen LogP) is 2.37. The van der Waals surface area contributed by atoms with E-state index in [1.807, 2.05) is 13.8 Å². The zero-order chi connectivity index (χ0) is 11.0. The standard InChI is InChI=1S/C11H26O2Si/c1-6-12-10(13-7-2)14-9-8-11(3,4)5/h10H,6-9,14H2,1-5H3. The van der Waals surface area contributed by atoms with Crippen molar-refractivity contribution in [2.24, 2.45) is 5.41 Å². The summed E-state index contributed by atoms with van der Waals surface area (Å²) in [5, 5.41) is 0. The van der Waals surface area contributed by atoms with Crippen LogP contribution in [0.1, 0.15) is 41.0 Å². The molecule has 0 aliphatic carbocycles. The molecule has 0 unspecified atom stereocenters. The molecule has 0 rings (SSSR count). The highest BCUT2D eigenvalue weighted by molar-refractivity contribution is 6.36. The lowest BCUT2D eigenvalue weighted by atomic mass is 9.94. The third-order valence-corrected chi connectivity index (χ3v) is 3.78. The minimum absolute atomic E-state index is 0.146. The number of hydrogen-bond donors (Lipinski definition) is 0. The van der Waals surface area contributed by atoms with Crippen LogP contribution in [0.25, 0.3) is 0 Å². The topological polar surface area (TPSA) is 18.5 Å². The molecule has 14 heavy (non-hydrogen) atoms. The summed E-state index contributed by atoms with van der Waals surface area (Å²) in [6.07, 6.45) is 1.29. The van der Waals surface area contributed by atoms with E-state index in [0.29, 0.717) is 5.41 Å². The summed E-state index contributed by atoms with van der Waals surface area (Å²) in [6, 6.07) is 1.31. The summed E-state index contributed by atoms with van der Waals surface area (Å²) in [7, 11) is -0.221. The molecule has 0 saturated heterocycles. The van der Waals surface area contributed by atoms with Crippen LogP contribution in [-0.4, -0.2) is 28.6 Å². The molecule has 3 heteroatoms. The first-order chi connectivity index (χ1) is 6.49. The van der Waals surface area contributed by atoms with Gasteiger partial charge in [-0.2, -0.15) is 0 Å². The lowest BCUT2D eigenvalue weighted by Crippen LogP contribution is -2.25. The van der Waals surface area contributed by atoms with E-state index in [9.17, 15) is 0 Å². The predicted molar refractivity (Wildman–Crippen MR) is 64.5 cm³/mol. The largest absolute Gasteiger partial charge is 0.357 e. The van der Waals surface area contributed by atoms with Gasteiger partial charge in [0, 0.05) is 13.2 Å². The molecule has 86 valence electrons. The maximum Gasteiger partial charge on any atom is 0.134 e. The summed E-state index contributed by atoms with van der Waals surface area (Å²) in [5.41, 5.74) is 0.454. The molecule has 0 radical (unpaired) electrons. The van der Waals surface area contributed by atoms with Crippen LogP contribution in [0, 0.1) is 5.41 Å². The van der Waals surface area contributed by atoms with Crippen molar-refractivity contribution < 1.29 is 9.47 Å².